The van der Waals surface area contributed by atoms with Crippen LogP contribution < -0.4 is 21.3 Å². The molecule has 2 saturated heterocycles. The van der Waals surface area contributed by atoms with E-state index < -0.39 is 56.2 Å². The summed E-state index contributed by atoms with van der Waals surface area (Å²) in [5.41, 5.74) is 7.15. The first kappa shape index (κ1) is 29.7. The summed E-state index contributed by atoms with van der Waals surface area (Å²) >= 11 is 0. The van der Waals surface area contributed by atoms with Crippen molar-refractivity contribution in [2.45, 2.75) is 49.8 Å². The number of aromatic hydroxyl groups is 1. The predicted molar refractivity (Wildman–Crippen MR) is 151 cm³/mol. The van der Waals surface area contributed by atoms with Crippen LogP contribution >= 0.6 is 7.82 Å². The topological polar surface area (TPSA) is 217 Å². The molecule has 0 saturated carbocycles. The van der Waals surface area contributed by atoms with Crippen molar-refractivity contribution in [1.29, 1.82) is 0 Å². The van der Waals surface area contributed by atoms with Crippen molar-refractivity contribution in [3.05, 3.63) is 36.2 Å². The first-order valence-corrected chi connectivity index (χ1v) is 15.5. The Kier molecular flexibility index (Phi) is 8.66. The van der Waals surface area contributed by atoms with Crippen molar-refractivity contribution in [3.63, 3.8) is 0 Å². The number of carbonyl (C=O) groups excluding carboxylic acids is 3. The molecule has 0 bridgehead atoms. The second-order valence-corrected chi connectivity index (χ2v) is 12.4. The van der Waals surface area contributed by atoms with E-state index in [1.54, 1.807) is 17.0 Å². The SMILES string of the molecule is B[PH]1(O)OCC2OC(N3CNc4c(N)ncnc43)C(OC(=O)CCC(=O)NC(Cc3ccc(O)cc3)C(=O)OC)[C@@H]2O1. The number of aromatic nitrogens is 2. The number of hydrogen-bond donors (Lipinski definition) is 5. The minimum atomic E-state index is -3.50. The van der Waals surface area contributed by atoms with Crippen molar-refractivity contribution >= 4 is 50.6 Å². The number of esters is 2. The summed E-state index contributed by atoms with van der Waals surface area (Å²) in [6.45, 7) is 0.260. The number of nitrogens with two attached hydrogens (primary N) is 1. The van der Waals surface area contributed by atoms with Crippen LogP contribution in [0.25, 0.3) is 0 Å². The van der Waals surface area contributed by atoms with E-state index >= 15 is 0 Å². The molecule has 16 nitrogen and oxygen atoms in total. The van der Waals surface area contributed by atoms with Gasteiger partial charge in [0.15, 0.2) is 0 Å². The zero-order valence-corrected chi connectivity index (χ0v) is 23.9. The molecule has 1 amide bonds. The van der Waals surface area contributed by atoms with Gasteiger partial charge >= 0.3 is 199 Å². The first-order chi connectivity index (χ1) is 20.0. The molecule has 4 unspecified atom stereocenters. The van der Waals surface area contributed by atoms with Gasteiger partial charge < -0.3 is 5.11 Å². The molecule has 1 aromatic carbocycles. The molecule has 6 N–H and O–H groups in total. The van der Waals surface area contributed by atoms with Crippen LogP contribution in [0.4, 0.5) is 17.3 Å². The normalized spacial score (nSPS) is 25.3. The van der Waals surface area contributed by atoms with Crippen LogP contribution in [0, 0.1) is 0 Å². The Bertz CT molecular complexity index is 1340. The second-order valence-electron chi connectivity index (χ2n) is 10.1. The van der Waals surface area contributed by atoms with E-state index in [0.717, 1.165) is 0 Å². The predicted octanol–water partition coefficient (Wildman–Crippen LogP) is -1.28. The molecule has 18 heteroatoms. The monoisotopic (exact) mass is 606 g/mol. The zero-order chi connectivity index (χ0) is 30.0. The first-order valence-electron chi connectivity index (χ1n) is 13.2. The number of anilines is 3. The maximum atomic E-state index is 13.0. The van der Waals surface area contributed by atoms with Crippen LogP contribution in [-0.2, 0) is 44.1 Å². The standard InChI is InChI=1S/C24H32BN6O10P/c1-37-24(35)14(8-12-2-4-13(32)5-3-12)30-16(33)6-7-17(34)40-20-19-15(9-38-42(25,36)41-19)39-23(20)31-11-29-18-21(26)27-10-28-22(18)31/h2-5,10,14-15,19-20,23,29,32,36,42H,6-9,11,25H2,1H3,(H,30,33)(H2,26,27,28)/t14?,15?,19-,20?,23?/m1/s1. The van der Waals surface area contributed by atoms with Gasteiger partial charge in [-0.3, -0.25) is 0 Å². The van der Waals surface area contributed by atoms with E-state index in [4.69, 9.17) is 29.0 Å². The zero-order valence-electron chi connectivity index (χ0n) is 22.9. The summed E-state index contributed by atoms with van der Waals surface area (Å²) in [5, 5.41) is 15.2. The average molecular weight is 606 g/mol. The molecule has 2 aromatic rings. The van der Waals surface area contributed by atoms with E-state index in [1.807, 2.05) is 0 Å². The number of fused-ring (bicyclic) bond motifs is 2. The summed E-state index contributed by atoms with van der Waals surface area (Å²) in [4.78, 5) is 58.5. The number of rotatable bonds is 9. The fraction of sp³-hybridized carbons (Fsp3) is 0.458. The third-order valence-corrected chi connectivity index (χ3v) is 8.45. The number of amides is 1. The van der Waals surface area contributed by atoms with Gasteiger partial charge in [-0.05, 0) is 12.1 Å². The minimum absolute atomic E-state index is 0.0346. The number of carbonyl (C=O) groups is 3. The third-order valence-electron chi connectivity index (χ3n) is 7.04. The number of hydrogen-bond acceptors (Lipinski definition) is 15. The molecule has 2 fully saturated rings. The van der Waals surface area contributed by atoms with Gasteiger partial charge in [0.1, 0.15) is 5.75 Å². The van der Waals surface area contributed by atoms with Crippen molar-refractivity contribution in [3.8, 4) is 5.75 Å². The number of nitrogens with one attached hydrogen (secondary N) is 2. The molecule has 1 aromatic heterocycles. The van der Waals surface area contributed by atoms with Crippen molar-refractivity contribution in [2.75, 3.05) is 36.3 Å². The van der Waals surface area contributed by atoms with Gasteiger partial charge in [-0.25, -0.2) is 0 Å². The van der Waals surface area contributed by atoms with E-state index in [9.17, 15) is 24.4 Å². The van der Waals surface area contributed by atoms with E-state index in [2.05, 4.69) is 20.6 Å². The van der Waals surface area contributed by atoms with Gasteiger partial charge in [-0.1, -0.05) is 12.1 Å². The van der Waals surface area contributed by atoms with Crippen LogP contribution in [0.3, 0.4) is 0 Å². The average Bonchev–Trinajstić information content (AvgIpc) is 3.53. The number of nitrogen functional groups attached to an aromatic ring is 1. The number of phenolic OH excluding ortho intramolecular Hbond substituents is 1. The van der Waals surface area contributed by atoms with Gasteiger partial charge in [-0.15, -0.1) is 0 Å². The van der Waals surface area contributed by atoms with Gasteiger partial charge in [0.05, 0.1) is 7.11 Å². The second kappa shape index (κ2) is 12.2. The molecule has 5 rings (SSSR count). The van der Waals surface area contributed by atoms with Crippen LogP contribution in [0.2, 0.25) is 0 Å². The van der Waals surface area contributed by atoms with Crippen molar-refractivity contribution < 1.29 is 47.6 Å². The molecule has 0 aliphatic carbocycles. The van der Waals surface area contributed by atoms with Gasteiger partial charge in [0.25, 0.3) is 0 Å². The van der Waals surface area contributed by atoms with Crippen LogP contribution in [-0.4, -0.2) is 96.3 Å². The van der Waals surface area contributed by atoms with E-state index in [1.165, 1.54) is 33.1 Å². The van der Waals surface area contributed by atoms with Gasteiger partial charge in [-0.2, -0.15) is 0 Å². The molecule has 5 atom stereocenters. The Balaban J connectivity index is 1.24. The van der Waals surface area contributed by atoms with E-state index in [-0.39, 0.29) is 44.1 Å². The molecular formula is C24H32BN6O10P. The van der Waals surface area contributed by atoms with Crippen molar-refractivity contribution in [1.82, 2.24) is 15.3 Å². The molecule has 42 heavy (non-hydrogen) atoms. The van der Waals surface area contributed by atoms with Crippen LogP contribution in [0.15, 0.2) is 30.6 Å². The molecule has 3 aliphatic rings. The molecule has 3 aliphatic heterocycles. The summed E-state index contributed by atoms with van der Waals surface area (Å²) in [5.74, 6) is -1.20. The Labute approximate surface area is 241 Å². The molecule has 0 radical (unpaired) electrons. The van der Waals surface area contributed by atoms with Gasteiger partial charge in [0, 0.05) is 0 Å². The fourth-order valence-electron chi connectivity index (χ4n) is 5.01. The molecule has 226 valence electrons. The number of phenols is 1. The molecular weight excluding hydrogens is 574 g/mol. The van der Waals surface area contributed by atoms with Gasteiger partial charge in [0.2, 0.25) is 0 Å². The summed E-state index contributed by atoms with van der Waals surface area (Å²) < 4.78 is 28.0. The Hall–Kier alpha value is -3.76. The molecule has 4 heterocycles. The Morgan fingerprint density at radius 1 is 1.29 bits per heavy atom. The maximum absolute atomic E-state index is 13.0. The Morgan fingerprint density at radius 3 is 2.79 bits per heavy atom. The number of benzene rings is 1. The quantitative estimate of drug-likeness (QED) is 0.128. The molecule has 0 spiro atoms. The van der Waals surface area contributed by atoms with Crippen LogP contribution in [0.1, 0.15) is 18.4 Å². The number of methoxy groups -OCH3 is 1. The number of nitrogens with zero attached hydrogens (tertiary/aromatic N) is 3. The number of ether oxygens (including phenoxy) is 3. The van der Waals surface area contributed by atoms with Crippen LogP contribution in [0.5, 0.6) is 5.75 Å². The summed E-state index contributed by atoms with van der Waals surface area (Å²) in [6, 6.07) is 5.17. The summed E-state index contributed by atoms with van der Waals surface area (Å²) in [6.07, 6.45) is -2.52. The third kappa shape index (κ3) is 6.50. The fourth-order valence-corrected chi connectivity index (χ4v) is 6.34. The Morgan fingerprint density at radius 2 is 2.05 bits per heavy atom. The summed E-state index contributed by atoms with van der Waals surface area (Å²) in [7, 11) is -0.837. The van der Waals surface area contributed by atoms with E-state index in [0.29, 0.717) is 17.1 Å². The van der Waals surface area contributed by atoms with Crippen molar-refractivity contribution in [2.24, 2.45) is 0 Å².